The van der Waals surface area contributed by atoms with Crippen molar-refractivity contribution in [2.24, 2.45) is 0 Å². The lowest BCUT2D eigenvalue weighted by molar-refractivity contribution is -0.385. The summed E-state index contributed by atoms with van der Waals surface area (Å²) in [5.41, 5.74) is 0.263. The van der Waals surface area contributed by atoms with Crippen molar-refractivity contribution < 1.29 is 9.31 Å². The Balaban J connectivity index is 2.08. The van der Waals surface area contributed by atoms with Crippen LogP contribution >= 0.6 is 11.8 Å². The second kappa shape index (κ2) is 5.77. The van der Waals surface area contributed by atoms with Gasteiger partial charge in [0.25, 0.3) is 5.69 Å². The van der Waals surface area contributed by atoms with Gasteiger partial charge < -0.3 is 5.32 Å². The lowest BCUT2D eigenvalue weighted by atomic mass is 10.1. The second-order valence-corrected chi connectivity index (χ2v) is 6.18. The van der Waals surface area contributed by atoms with E-state index in [1.807, 2.05) is 11.8 Å². The normalized spacial score (nSPS) is 17.4. The number of halogens is 1. The Labute approximate surface area is 115 Å². The van der Waals surface area contributed by atoms with Crippen molar-refractivity contribution in [1.82, 2.24) is 0 Å². The molecule has 0 radical (unpaired) electrons. The van der Waals surface area contributed by atoms with Crippen LogP contribution in [0.3, 0.4) is 0 Å². The van der Waals surface area contributed by atoms with Crippen LogP contribution in [-0.2, 0) is 0 Å². The molecule has 1 saturated carbocycles. The van der Waals surface area contributed by atoms with Gasteiger partial charge in [-0.3, -0.25) is 10.1 Å². The molecule has 1 aliphatic rings. The van der Waals surface area contributed by atoms with Crippen LogP contribution in [0.5, 0.6) is 0 Å². The molecular weight excluding hydrogens is 267 g/mol. The van der Waals surface area contributed by atoms with E-state index >= 15 is 0 Å². The number of anilines is 1. The molecule has 0 aromatic heterocycles. The lowest BCUT2D eigenvalue weighted by Crippen LogP contribution is -2.30. The fraction of sp³-hybridized carbons (Fsp3) is 0.538. The van der Waals surface area contributed by atoms with E-state index in [4.69, 9.17) is 0 Å². The Bertz CT molecular complexity index is 476. The molecule has 1 aromatic rings. The summed E-state index contributed by atoms with van der Waals surface area (Å²) in [6.45, 7) is 0.717. The predicted octanol–water partition coefficient (Wildman–Crippen LogP) is 3.82. The van der Waals surface area contributed by atoms with E-state index in [2.05, 4.69) is 11.6 Å². The van der Waals surface area contributed by atoms with Gasteiger partial charge in [0.15, 0.2) is 0 Å². The second-order valence-electron chi connectivity index (χ2n) is 4.90. The molecule has 19 heavy (non-hydrogen) atoms. The fourth-order valence-electron chi connectivity index (χ4n) is 2.52. The lowest BCUT2D eigenvalue weighted by Gasteiger charge is -2.27. The van der Waals surface area contributed by atoms with Crippen LogP contribution in [0.4, 0.5) is 15.8 Å². The fourth-order valence-corrected chi connectivity index (χ4v) is 3.43. The molecular formula is C13H17FN2O2S. The molecule has 4 nitrogen and oxygen atoms in total. The van der Waals surface area contributed by atoms with E-state index in [1.165, 1.54) is 25.0 Å². The molecule has 0 bridgehead atoms. The van der Waals surface area contributed by atoms with Crippen LogP contribution in [0.1, 0.15) is 25.7 Å². The van der Waals surface area contributed by atoms with E-state index < -0.39 is 10.7 Å². The molecule has 104 valence electrons. The molecule has 0 heterocycles. The van der Waals surface area contributed by atoms with E-state index in [0.717, 1.165) is 25.5 Å². The number of benzene rings is 1. The summed E-state index contributed by atoms with van der Waals surface area (Å²) >= 11 is 1.82. The van der Waals surface area contributed by atoms with E-state index in [9.17, 15) is 14.5 Å². The van der Waals surface area contributed by atoms with E-state index in [1.54, 1.807) is 0 Å². The van der Waals surface area contributed by atoms with Gasteiger partial charge in [0.2, 0.25) is 0 Å². The van der Waals surface area contributed by atoms with Gasteiger partial charge in [-0.05, 0) is 25.2 Å². The first kappa shape index (κ1) is 14.1. The minimum absolute atomic E-state index is 0.182. The van der Waals surface area contributed by atoms with Crippen molar-refractivity contribution in [3.8, 4) is 0 Å². The summed E-state index contributed by atoms with van der Waals surface area (Å²) in [6.07, 6.45) is 6.79. The minimum atomic E-state index is -0.582. The monoisotopic (exact) mass is 284 g/mol. The third-order valence-electron chi connectivity index (χ3n) is 3.66. The summed E-state index contributed by atoms with van der Waals surface area (Å²) in [6, 6.07) is 3.62. The van der Waals surface area contributed by atoms with Gasteiger partial charge in [-0.25, -0.2) is 4.39 Å². The third-order valence-corrected chi connectivity index (χ3v) is 5.07. The van der Waals surface area contributed by atoms with Crippen molar-refractivity contribution in [3.05, 3.63) is 34.1 Å². The smallest absolute Gasteiger partial charge is 0.274 e. The topological polar surface area (TPSA) is 55.2 Å². The van der Waals surface area contributed by atoms with Crippen molar-refractivity contribution in [3.63, 3.8) is 0 Å². The SMILES string of the molecule is CSC1(CNc2cc(F)cc([N+](=O)[O-])c2)CCCC1. The molecule has 1 N–H and O–H groups in total. The highest BCUT2D eigenvalue weighted by Crippen LogP contribution is 2.40. The van der Waals surface area contributed by atoms with Crippen LogP contribution in [0.15, 0.2) is 18.2 Å². The van der Waals surface area contributed by atoms with Crippen LogP contribution in [-0.4, -0.2) is 22.5 Å². The molecule has 0 spiro atoms. The first-order chi connectivity index (χ1) is 9.04. The highest BCUT2D eigenvalue weighted by Gasteiger charge is 2.32. The van der Waals surface area contributed by atoms with Crippen molar-refractivity contribution in [2.75, 3.05) is 18.1 Å². The Morgan fingerprint density at radius 1 is 1.42 bits per heavy atom. The first-order valence-corrected chi connectivity index (χ1v) is 7.51. The average Bonchev–Trinajstić information content (AvgIpc) is 2.85. The average molecular weight is 284 g/mol. The maximum atomic E-state index is 13.3. The highest BCUT2D eigenvalue weighted by atomic mass is 32.2. The van der Waals surface area contributed by atoms with Crippen molar-refractivity contribution >= 4 is 23.1 Å². The van der Waals surface area contributed by atoms with Crippen molar-refractivity contribution in [1.29, 1.82) is 0 Å². The van der Waals surface area contributed by atoms with Crippen LogP contribution < -0.4 is 5.32 Å². The van der Waals surface area contributed by atoms with E-state index in [-0.39, 0.29) is 10.4 Å². The van der Waals surface area contributed by atoms with Gasteiger partial charge in [-0.15, -0.1) is 0 Å². The molecule has 0 atom stereocenters. The maximum absolute atomic E-state index is 13.3. The highest BCUT2D eigenvalue weighted by molar-refractivity contribution is 8.00. The van der Waals surface area contributed by atoms with E-state index in [0.29, 0.717) is 5.69 Å². The van der Waals surface area contributed by atoms with Gasteiger partial charge >= 0.3 is 0 Å². The maximum Gasteiger partial charge on any atom is 0.274 e. The first-order valence-electron chi connectivity index (χ1n) is 6.29. The number of hydrogen-bond donors (Lipinski definition) is 1. The molecule has 1 aromatic carbocycles. The van der Waals surface area contributed by atoms with Gasteiger partial charge in [0.05, 0.1) is 11.0 Å². The number of nitro groups is 1. The Kier molecular flexibility index (Phi) is 4.29. The largest absolute Gasteiger partial charge is 0.383 e. The molecule has 1 aliphatic carbocycles. The van der Waals surface area contributed by atoms with Crippen LogP contribution in [0, 0.1) is 15.9 Å². The number of nitrogens with one attached hydrogen (secondary N) is 1. The summed E-state index contributed by atoms with van der Waals surface area (Å²) in [4.78, 5) is 10.1. The third kappa shape index (κ3) is 3.37. The Hall–Kier alpha value is -1.30. The zero-order valence-corrected chi connectivity index (χ0v) is 11.6. The zero-order chi connectivity index (χ0) is 13.9. The molecule has 0 unspecified atom stereocenters. The molecule has 1 fully saturated rings. The van der Waals surface area contributed by atoms with Crippen molar-refractivity contribution in [2.45, 2.75) is 30.4 Å². The number of nitro benzene ring substituents is 1. The van der Waals surface area contributed by atoms with Gasteiger partial charge in [-0.2, -0.15) is 11.8 Å². The van der Waals surface area contributed by atoms with Gasteiger partial charge in [0, 0.05) is 23.0 Å². The number of nitrogens with zero attached hydrogens (tertiary/aromatic N) is 1. The number of rotatable bonds is 5. The molecule has 0 saturated heterocycles. The van der Waals surface area contributed by atoms with Gasteiger partial charge in [0.1, 0.15) is 5.82 Å². The summed E-state index contributed by atoms with van der Waals surface area (Å²) in [5, 5.41) is 13.8. The summed E-state index contributed by atoms with van der Waals surface area (Å²) < 4.78 is 13.5. The number of thioether (sulfide) groups is 1. The summed E-state index contributed by atoms with van der Waals surface area (Å²) in [7, 11) is 0. The predicted molar refractivity (Wildman–Crippen MR) is 76.3 cm³/mol. The van der Waals surface area contributed by atoms with Crippen LogP contribution in [0.25, 0.3) is 0 Å². The quantitative estimate of drug-likeness (QED) is 0.659. The molecule has 0 aliphatic heterocycles. The molecule has 6 heteroatoms. The molecule has 0 amide bonds. The number of non-ortho nitro benzene ring substituents is 1. The van der Waals surface area contributed by atoms with Gasteiger partial charge in [-0.1, -0.05) is 12.8 Å². The minimum Gasteiger partial charge on any atom is -0.383 e. The van der Waals surface area contributed by atoms with Crippen LogP contribution in [0.2, 0.25) is 0 Å². The number of hydrogen-bond acceptors (Lipinski definition) is 4. The zero-order valence-electron chi connectivity index (χ0n) is 10.8. The Morgan fingerprint density at radius 3 is 2.68 bits per heavy atom. The summed E-state index contributed by atoms with van der Waals surface area (Å²) in [5.74, 6) is -0.582. The standard InChI is InChI=1S/C13H17FN2O2S/c1-19-13(4-2-3-5-13)9-15-11-6-10(14)7-12(8-11)16(17)18/h6-8,15H,2-5,9H2,1H3. The Morgan fingerprint density at radius 2 is 2.11 bits per heavy atom. The molecule has 2 rings (SSSR count).